The first kappa shape index (κ1) is 15.9. The Hall–Kier alpha value is -0.120. The average Bonchev–Trinajstić information content (AvgIpc) is 2.38. The molecule has 1 heterocycles. The average molecular weight is 256 g/mol. The van der Waals surface area contributed by atoms with Crippen LogP contribution in [0.3, 0.4) is 0 Å². The van der Waals surface area contributed by atoms with E-state index >= 15 is 0 Å². The summed E-state index contributed by atoms with van der Waals surface area (Å²) in [6, 6.07) is 0. The van der Waals surface area contributed by atoms with Crippen LogP contribution in [0.5, 0.6) is 0 Å². The minimum atomic E-state index is -0.523. The molecule has 0 aliphatic carbocycles. The summed E-state index contributed by atoms with van der Waals surface area (Å²) in [5, 5.41) is 11.4. The number of hydrogen-bond acceptors (Lipinski definition) is 2. The van der Waals surface area contributed by atoms with E-state index in [2.05, 4.69) is 6.92 Å². The lowest BCUT2D eigenvalue weighted by molar-refractivity contribution is -0.0346. The molecule has 0 aromatic heterocycles. The highest BCUT2D eigenvalue weighted by molar-refractivity contribution is 4.63. The van der Waals surface area contributed by atoms with Gasteiger partial charge in [0.15, 0.2) is 0 Å². The maximum atomic E-state index is 11.4. The Balaban J connectivity index is 2.10. The van der Waals surface area contributed by atoms with Crippen LogP contribution in [-0.2, 0) is 14.6 Å². The van der Waals surface area contributed by atoms with Gasteiger partial charge >= 0.3 is 0 Å². The van der Waals surface area contributed by atoms with Gasteiger partial charge in [0.2, 0.25) is 0 Å². The molecule has 1 aliphatic rings. The van der Waals surface area contributed by atoms with Crippen LogP contribution in [0, 0.1) is 6.92 Å². The van der Waals surface area contributed by atoms with Crippen LogP contribution in [0.4, 0.5) is 0 Å². The predicted molar refractivity (Wildman–Crippen MR) is 71.9 cm³/mol. The molecule has 2 radical (unpaired) electrons. The van der Waals surface area contributed by atoms with Crippen molar-refractivity contribution in [2.45, 2.75) is 70.0 Å². The standard InChI is InChI=1S/C15H28O3/c1-2-3-4-7-11-18-15-9-6-5-8-14(16)13-17-12-10-15/h14-15H,1-13H2. The van der Waals surface area contributed by atoms with Gasteiger partial charge in [-0.2, -0.15) is 0 Å². The molecular weight excluding hydrogens is 228 g/mol. The Kier molecular flexibility index (Phi) is 9.54. The summed E-state index contributed by atoms with van der Waals surface area (Å²) < 4.78 is 11.3. The molecule has 0 amide bonds. The first-order valence-corrected chi connectivity index (χ1v) is 7.47. The minimum Gasteiger partial charge on any atom is -0.379 e. The van der Waals surface area contributed by atoms with Gasteiger partial charge in [-0.05, 0) is 25.7 Å². The molecule has 3 heteroatoms. The SMILES string of the molecule is [CH2]CCCCCOC1CCCCC([O])COCC1. The molecule has 3 nitrogen and oxygen atoms in total. The van der Waals surface area contributed by atoms with E-state index in [-0.39, 0.29) is 0 Å². The van der Waals surface area contributed by atoms with Gasteiger partial charge in [0.25, 0.3) is 0 Å². The largest absolute Gasteiger partial charge is 0.379 e. The highest BCUT2D eigenvalue weighted by Gasteiger charge is 2.13. The molecule has 0 saturated carbocycles. The second-order valence-electron chi connectivity index (χ2n) is 5.18. The molecule has 0 spiro atoms. The van der Waals surface area contributed by atoms with Gasteiger partial charge < -0.3 is 9.47 Å². The zero-order chi connectivity index (χ0) is 13.1. The molecule has 1 rings (SSSR count). The fourth-order valence-corrected chi connectivity index (χ4v) is 2.27. The molecule has 0 aromatic carbocycles. The van der Waals surface area contributed by atoms with Crippen LogP contribution in [0.2, 0.25) is 0 Å². The van der Waals surface area contributed by atoms with Crippen LogP contribution in [0.1, 0.15) is 57.8 Å². The molecular formula is C15H28O3. The number of unbranched alkanes of at least 4 members (excludes halogenated alkanes) is 3. The Labute approximate surface area is 112 Å². The van der Waals surface area contributed by atoms with Crippen LogP contribution in [-0.4, -0.2) is 32.0 Å². The van der Waals surface area contributed by atoms with E-state index in [1.165, 1.54) is 12.8 Å². The topological polar surface area (TPSA) is 38.4 Å². The van der Waals surface area contributed by atoms with Gasteiger partial charge in [0.05, 0.1) is 12.7 Å². The Morgan fingerprint density at radius 1 is 1.11 bits per heavy atom. The molecule has 18 heavy (non-hydrogen) atoms. The fraction of sp³-hybridized carbons (Fsp3) is 0.933. The Morgan fingerprint density at radius 2 is 1.94 bits per heavy atom. The van der Waals surface area contributed by atoms with E-state index < -0.39 is 6.10 Å². The first-order valence-electron chi connectivity index (χ1n) is 7.47. The lowest BCUT2D eigenvalue weighted by atomic mass is 10.1. The molecule has 1 fully saturated rings. The van der Waals surface area contributed by atoms with Crippen LogP contribution >= 0.6 is 0 Å². The summed E-state index contributed by atoms with van der Waals surface area (Å²) in [6.45, 7) is 5.73. The number of hydrogen-bond donors (Lipinski definition) is 0. The molecule has 106 valence electrons. The van der Waals surface area contributed by atoms with E-state index in [0.717, 1.165) is 51.6 Å². The smallest absolute Gasteiger partial charge is 0.116 e. The normalized spacial score (nSPS) is 27.0. The number of ether oxygens (including phenoxy) is 2. The predicted octanol–water partition coefficient (Wildman–Crippen LogP) is 3.55. The van der Waals surface area contributed by atoms with Crippen LogP contribution in [0.15, 0.2) is 0 Å². The van der Waals surface area contributed by atoms with E-state index in [4.69, 9.17) is 9.47 Å². The first-order chi connectivity index (χ1) is 8.83. The van der Waals surface area contributed by atoms with E-state index in [0.29, 0.717) is 19.3 Å². The monoisotopic (exact) mass is 256 g/mol. The van der Waals surface area contributed by atoms with Gasteiger partial charge in [0, 0.05) is 13.2 Å². The van der Waals surface area contributed by atoms with Crippen molar-refractivity contribution in [2.24, 2.45) is 0 Å². The highest BCUT2D eigenvalue weighted by atomic mass is 16.5. The zero-order valence-electron chi connectivity index (χ0n) is 11.6. The highest BCUT2D eigenvalue weighted by Crippen LogP contribution is 2.15. The third-order valence-corrected chi connectivity index (χ3v) is 3.44. The van der Waals surface area contributed by atoms with Gasteiger partial charge in [-0.1, -0.05) is 39.0 Å². The van der Waals surface area contributed by atoms with Crippen molar-refractivity contribution in [3.05, 3.63) is 6.92 Å². The van der Waals surface area contributed by atoms with E-state index in [1.54, 1.807) is 0 Å². The minimum absolute atomic E-state index is 0.327. The second kappa shape index (κ2) is 10.8. The van der Waals surface area contributed by atoms with Crippen molar-refractivity contribution in [3.8, 4) is 0 Å². The molecule has 1 aliphatic heterocycles. The van der Waals surface area contributed by atoms with E-state index in [9.17, 15) is 5.11 Å². The summed E-state index contributed by atoms with van der Waals surface area (Å²) in [6.07, 6.45) is 9.25. The van der Waals surface area contributed by atoms with Gasteiger partial charge in [0.1, 0.15) is 6.10 Å². The summed E-state index contributed by atoms with van der Waals surface area (Å²) in [4.78, 5) is 0. The van der Waals surface area contributed by atoms with E-state index in [1.807, 2.05) is 0 Å². The summed E-state index contributed by atoms with van der Waals surface area (Å²) in [5.41, 5.74) is 0. The molecule has 0 N–H and O–H groups in total. The van der Waals surface area contributed by atoms with Crippen molar-refractivity contribution >= 4 is 0 Å². The second-order valence-corrected chi connectivity index (χ2v) is 5.18. The summed E-state index contributed by atoms with van der Waals surface area (Å²) in [7, 11) is 0. The zero-order valence-corrected chi connectivity index (χ0v) is 11.6. The van der Waals surface area contributed by atoms with Crippen LogP contribution in [0.25, 0.3) is 0 Å². The molecule has 2 unspecified atom stereocenters. The van der Waals surface area contributed by atoms with Crippen molar-refractivity contribution in [2.75, 3.05) is 19.8 Å². The van der Waals surface area contributed by atoms with Crippen molar-refractivity contribution in [3.63, 3.8) is 0 Å². The third-order valence-electron chi connectivity index (χ3n) is 3.44. The quantitative estimate of drug-likeness (QED) is 0.682. The summed E-state index contributed by atoms with van der Waals surface area (Å²) in [5.74, 6) is 0. The Bertz CT molecular complexity index is 173. The lowest BCUT2D eigenvalue weighted by Gasteiger charge is -2.20. The third kappa shape index (κ3) is 8.06. The maximum absolute atomic E-state index is 11.4. The molecule has 1 saturated heterocycles. The summed E-state index contributed by atoms with van der Waals surface area (Å²) >= 11 is 0. The fourth-order valence-electron chi connectivity index (χ4n) is 2.27. The maximum Gasteiger partial charge on any atom is 0.116 e. The van der Waals surface area contributed by atoms with Crippen LogP contribution < -0.4 is 0 Å². The van der Waals surface area contributed by atoms with Gasteiger partial charge in [-0.3, -0.25) is 0 Å². The van der Waals surface area contributed by atoms with Gasteiger partial charge in [-0.25, -0.2) is 5.11 Å². The molecule has 0 bridgehead atoms. The van der Waals surface area contributed by atoms with Crippen molar-refractivity contribution < 1.29 is 14.6 Å². The molecule has 0 aromatic rings. The number of rotatable bonds is 6. The molecule has 2 atom stereocenters. The van der Waals surface area contributed by atoms with Crippen molar-refractivity contribution in [1.29, 1.82) is 0 Å². The van der Waals surface area contributed by atoms with Gasteiger partial charge in [-0.15, -0.1) is 0 Å². The van der Waals surface area contributed by atoms with Crippen molar-refractivity contribution in [1.82, 2.24) is 0 Å². The Morgan fingerprint density at radius 3 is 2.78 bits per heavy atom. The lowest BCUT2D eigenvalue weighted by Crippen LogP contribution is -2.21.